The van der Waals surface area contributed by atoms with Crippen molar-refractivity contribution in [3.8, 4) is 0 Å². The van der Waals surface area contributed by atoms with E-state index in [4.69, 9.17) is 0 Å². The van der Waals surface area contributed by atoms with Crippen LogP contribution in [0.5, 0.6) is 0 Å². The van der Waals surface area contributed by atoms with Gasteiger partial charge in [0.2, 0.25) is 0 Å². The van der Waals surface area contributed by atoms with Crippen LogP contribution in [0.2, 0.25) is 4.13 Å². The Morgan fingerprint density at radius 2 is 1.44 bits per heavy atom. The molecule has 52 valence electrons. The number of hydrogen-bond donors (Lipinski definition) is 0. The Kier molecular flexibility index (Phi) is 9.75. The molecule has 0 aromatic carbocycles. The van der Waals surface area contributed by atoms with Crippen LogP contribution in [-0.2, 0) is 0 Å². The molecule has 0 nitrogen and oxygen atoms in total. The van der Waals surface area contributed by atoms with E-state index in [9.17, 15) is 0 Å². The van der Waals surface area contributed by atoms with Crippen LogP contribution in [0.15, 0.2) is 0 Å². The zero-order valence-corrected chi connectivity index (χ0v) is 9.87. The van der Waals surface area contributed by atoms with Crippen LogP contribution in [0.1, 0.15) is 45.4 Å². The van der Waals surface area contributed by atoms with Crippen molar-refractivity contribution in [3.63, 3.8) is 0 Å². The summed E-state index contributed by atoms with van der Waals surface area (Å²) in [6.45, 7) is 2.27. The predicted molar refractivity (Wildman–Crippen MR) is 43.9 cm³/mol. The van der Waals surface area contributed by atoms with Crippen LogP contribution >= 0.6 is 0 Å². The summed E-state index contributed by atoms with van der Waals surface area (Å²) in [5.41, 5.74) is 0. The molecule has 0 bridgehead atoms. The topological polar surface area (TPSA) is 0 Å². The summed E-state index contributed by atoms with van der Waals surface area (Å²) < 4.78 is 1.48. The van der Waals surface area contributed by atoms with Gasteiger partial charge in [0.05, 0.1) is 0 Å². The van der Waals surface area contributed by atoms with E-state index in [2.05, 4.69) is 6.92 Å². The summed E-state index contributed by atoms with van der Waals surface area (Å²) in [4.78, 5) is 0. The summed E-state index contributed by atoms with van der Waals surface area (Å²) in [7, 11) is 0. The van der Waals surface area contributed by atoms with Gasteiger partial charge in [0.15, 0.2) is 0 Å². The predicted octanol–water partition coefficient (Wildman–Crippen LogP) is 2.93. The fourth-order valence-electron chi connectivity index (χ4n) is 0.892. The molecule has 0 aliphatic carbocycles. The third-order valence-electron chi connectivity index (χ3n) is 1.51. The molecule has 9 heavy (non-hydrogen) atoms. The zero-order chi connectivity index (χ0) is 6.95. The minimum atomic E-state index is 1.37. The van der Waals surface area contributed by atoms with E-state index in [0.717, 1.165) is 0 Å². The molecule has 0 aliphatic rings. The average molecular weight is 322 g/mol. The van der Waals surface area contributed by atoms with E-state index < -0.39 is 0 Å². The van der Waals surface area contributed by atoms with E-state index in [1.165, 1.54) is 42.7 Å². The Balaban J connectivity index is 2.60. The average Bonchev–Trinajstić information content (AvgIpc) is 1.89. The third-order valence-corrected chi connectivity index (χ3v) is 2.74. The SMILES string of the molecule is CCCCCCC[CH2][Bi+2]. The molecular formula is C8H17Bi+2. The fraction of sp³-hybridized carbons (Fsp3) is 1.00. The molecule has 0 saturated heterocycles. The second kappa shape index (κ2) is 8.88. The van der Waals surface area contributed by atoms with Crippen molar-refractivity contribution >= 4 is 24.7 Å². The summed E-state index contributed by atoms with van der Waals surface area (Å²) in [5, 5.41) is 0. The minimum absolute atomic E-state index is 1.37. The maximum absolute atomic E-state index is 2.27. The molecular weight excluding hydrogens is 305 g/mol. The molecule has 1 heteroatoms. The van der Waals surface area contributed by atoms with Crippen LogP contribution in [0.3, 0.4) is 0 Å². The van der Waals surface area contributed by atoms with E-state index in [1.54, 1.807) is 24.7 Å². The van der Waals surface area contributed by atoms with Gasteiger partial charge < -0.3 is 0 Å². The van der Waals surface area contributed by atoms with Crippen molar-refractivity contribution in [1.29, 1.82) is 0 Å². The number of unbranched alkanes of at least 4 members (excludes halogenated alkanes) is 5. The van der Waals surface area contributed by atoms with Gasteiger partial charge in [-0.2, -0.15) is 0 Å². The van der Waals surface area contributed by atoms with Gasteiger partial charge in [0, 0.05) is 0 Å². The Labute approximate surface area is 74.3 Å². The van der Waals surface area contributed by atoms with Crippen molar-refractivity contribution in [3.05, 3.63) is 0 Å². The standard InChI is InChI=1S/C8H17.Bi/c1-3-5-7-8-6-4-2;/h1,3-8H2,2H3;/q;+2. The van der Waals surface area contributed by atoms with Gasteiger partial charge in [-0.25, -0.2) is 0 Å². The van der Waals surface area contributed by atoms with Gasteiger partial charge in [0.25, 0.3) is 0 Å². The Morgan fingerprint density at radius 3 is 2.00 bits per heavy atom. The van der Waals surface area contributed by atoms with Crippen LogP contribution in [-0.4, -0.2) is 24.7 Å². The molecule has 0 rings (SSSR count). The van der Waals surface area contributed by atoms with Gasteiger partial charge in [-0.05, 0) is 0 Å². The Bertz CT molecular complexity index is 37.8. The number of hydrogen-bond acceptors (Lipinski definition) is 0. The second-order valence-electron chi connectivity index (χ2n) is 2.49. The first-order valence-electron chi connectivity index (χ1n) is 4.02. The molecule has 0 N–H and O–H groups in total. The van der Waals surface area contributed by atoms with Crippen LogP contribution in [0, 0.1) is 0 Å². The van der Waals surface area contributed by atoms with E-state index >= 15 is 0 Å². The Hall–Kier alpha value is 0.883. The summed E-state index contributed by atoms with van der Waals surface area (Å²) in [5.74, 6) is 0. The van der Waals surface area contributed by atoms with E-state index in [0.29, 0.717) is 0 Å². The zero-order valence-electron chi connectivity index (χ0n) is 6.40. The molecule has 0 heterocycles. The first-order valence-corrected chi connectivity index (χ1v) is 6.48. The van der Waals surface area contributed by atoms with Crippen molar-refractivity contribution < 1.29 is 0 Å². The normalized spacial score (nSPS) is 9.89. The molecule has 0 unspecified atom stereocenters. The summed E-state index contributed by atoms with van der Waals surface area (Å²) >= 11 is 1.58. The van der Waals surface area contributed by atoms with E-state index in [1.807, 2.05) is 0 Å². The van der Waals surface area contributed by atoms with Crippen LogP contribution in [0.4, 0.5) is 0 Å². The monoisotopic (exact) mass is 322 g/mol. The summed E-state index contributed by atoms with van der Waals surface area (Å²) in [6.07, 6.45) is 8.73. The van der Waals surface area contributed by atoms with Gasteiger partial charge in [0.1, 0.15) is 0 Å². The van der Waals surface area contributed by atoms with Gasteiger partial charge in [-0.3, -0.25) is 0 Å². The second-order valence-corrected chi connectivity index (χ2v) is 4.23. The van der Waals surface area contributed by atoms with Gasteiger partial charge >= 0.3 is 74.3 Å². The van der Waals surface area contributed by atoms with Crippen LogP contribution in [0.25, 0.3) is 0 Å². The molecule has 0 atom stereocenters. The first kappa shape index (κ1) is 9.88. The molecule has 0 fully saturated rings. The fourth-order valence-corrected chi connectivity index (χ4v) is 1.76. The third kappa shape index (κ3) is 8.88. The van der Waals surface area contributed by atoms with Crippen LogP contribution < -0.4 is 0 Å². The molecule has 0 aromatic heterocycles. The first-order chi connectivity index (χ1) is 4.41. The maximum atomic E-state index is 2.27. The molecule has 0 amide bonds. The quantitative estimate of drug-likeness (QED) is 0.521. The number of rotatable bonds is 6. The molecule has 0 saturated carbocycles. The van der Waals surface area contributed by atoms with Crippen molar-refractivity contribution in [2.75, 3.05) is 0 Å². The van der Waals surface area contributed by atoms with Crippen molar-refractivity contribution in [2.45, 2.75) is 49.6 Å². The van der Waals surface area contributed by atoms with E-state index in [-0.39, 0.29) is 0 Å². The molecule has 0 aromatic rings. The Morgan fingerprint density at radius 1 is 0.889 bits per heavy atom. The molecule has 0 spiro atoms. The molecule has 2 radical (unpaired) electrons. The van der Waals surface area contributed by atoms with Crippen molar-refractivity contribution in [2.24, 2.45) is 0 Å². The van der Waals surface area contributed by atoms with Gasteiger partial charge in [-0.15, -0.1) is 0 Å². The van der Waals surface area contributed by atoms with Gasteiger partial charge in [-0.1, -0.05) is 0 Å². The molecule has 0 aliphatic heterocycles. The van der Waals surface area contributed by atoms with Crippen molar-refractivity contribution in [1.82, 2.24) is 0 Å². The summed E-state index contributed by atoms with van der Waals surface area (Å²) in [6, 6.07) is 0.